The van der Waals surface area contributed by atoms with Crippen molar-refractivity contribution in [3.8, 4) is 5.75 Å². The molecule has 1 aromatic carbocycles. The topological polar surface area (TPSA) is 103 Å². The SMILES string of the molecule is COc1ccc(Cl)cc1C(=O)NCCC1C=CC([S+]([O-])NC(=O)NC2CCCCC2)CC1. The van der Waals surface area contributed by atoms with Gasteiger partial charge in [0.15, 0.2) is 5.25 Å². The predicted octanol–water partition coefficient (Wildman–Crippen LogP) is 4.10. The number of amides is 3. The van der Waals surface area contributed by atoms with Crippen LogP contribution in [0.2, 0.25) is 5.02 Å². The van der Waals surface area contributed by atoms with Crippen molar-refractivity contribution in [2.75, 3.05) is 13.7 Å². The molecule has 0 saturated heterocycles. The van der Waals surface area contributed by atoms with Crippen LogP contribution in [0, 0.1) is 5.92 Å². The molecule has 1 fully saturated rings. The summed E-state index contributed by atoms with van der Waals surface area (Å²) < 4.78 is 20.3. The molecule has 9 heteroatoms. The molecule has 0 radical (unpaired) electrons. The second-order valence-corrected chi connectivity index (χ2v) is 10.2. The molecule has 0 aromatic heterocycles. The Hall–Kier alpha value is -1.90. The van der Waals surface area contributed by atoms with Gasteiger partial charge in [0, 0.05) is 24.0 Å². The maximum atomic E-state index is 12.5. The van der Waals surface area contributed by atoms with Crippen molar-refractivity contribution < 1.29 is 18.9 Å². The Bertz CT molecular complexity index is 816. The first-order chi connectivity index (χ1) is 15.5. The molecule has 32 heavy (non-hydrogen) atoms. The monoisotopic (exact) mass is 481 g/mol. The fraction of sp³-hybridized carbons (Fsp3) is 0.565. The minimum Gasteiger partial charge on any atom is -0.592 e. The third kappa shape index (κ3) is 7.32. The van der Waals surface area contributed by atoms with Crippen molar-refractivity contribution in [3.05, 3.63) is 40.9 Å². The van der Waals surface area contributed by atoms with Crippen LogP contribution in [0.15, 0.2) is 30.4 Å². The number of halogens is 1. The number of carbonyl (C=O) groups is 2. The number of urea groups is 1. The summed E-state index contributed by atoms with van der Waals surface area (Å²) in [5, 5.41) is 6.14. The summed E-state index contributed by atoms with van der Waals surface area (Å²) in [7, 11) is 1.52. The number of hydrogen-bond acceptors (Lipinski definition) is 4. The van der Waals surface area contributed by atoms with Crippen LogP contribution in [-0.2, 0) is 11.4 Å². The van der Waals surface area contributed by atoms with Crippen LogP contribution >= 0.6 is 11.6 Å². The average molecular weight is 482 g/mol. The van der Waals surface area contributed by atoms with E-state index >= 15 is 0 Å². The molecule has 3 N–H and O–H groups in total. The zero-order chi connectivity index (χ0) is 22.9. The molecule has 2 aliphatic rings. The molecule has 0 spiro atoms. The zero-order valence-corrected chi connectivity index (χ0v) is 20.0. The fourth-order valence-corrected chi connectivity index (χ4v) is 5.37. The van der Waals surface area contributed by atoms with Gasteiger partial charge >= 0.3 is 6.03 Å². The van der Waals surface area contributed by atoms with Gasteiger partial charge in [0.1, 0.15) is 5.75 Å². The summed E-state index contributed by atoms with van der Waals surface area (Å²) in [6.45, 7) is 0.513. The number of allylic oxidation sites excluding steroid dienone is 1. The molecule has 3 atom stereocenters. The van der Waals surface area contributed by atoms with Crippen LogP contribution in [0.1, 0.15) is 61.7 Å². The minimum absolute atomic E-state index is 0.186. The Kier molecular flexibility index (Phi) is 9.56. The molecular weight excluding hydrogens is 450 g/mol. The summed E-state index contributed by atoms with van der Waals surface area (Å²) in [6.07, 6.45) is 11.8. The molecule has 1 saturated carbocycles. The summed E-state index contributed by atoms with van der Waals surface area (Å²) in [4.78, 5) is 24.6. The molecular formula is C23H32ClN3O4S. The first-order valence-corrected chi connectivity index (χ1v) is 12.8. The lowest BCUT2D eigenvalue weighted by Gasteiger charge is -2.26. The van der Waals surface area contributed by atoms with Crippen molar-refractivity contribution in [1.82, 2.24) is 15.4 Å². The van der Waals surface area contributed by atoms with E-state index in [1.54, 1.807) is 18.2 Å². The Morgan fingerprint density at radius 2 is 1.94 bits per heavy atom. The van der Waals surface area contributed by atoms with Crippen molar-refractivity contribution >= 4 is 34.9 Å². The first kappa shape index (κ1) is 24.7. The van der Waals surface area contributed by atoms with Gasteiger partial charge in [-0.3, -0.25) is 4.79 Å². The molecule has 2 aliphatic carbocycles. The number of hydrogen-bond donors (Lipinski definition) is 3. The fourth-order valence-electron chi connectivity index (χ4n) is 4.22. The van der Waals surface area contributed by atoms with E-state index in [0.717, 1.165) is 44.9 Å². The molecule has 0 bridgehead atoms. The van der Waals surface area contributed by atoms with Gasteiger partial charge in [-0.05, 0) is 55.9 Å². The molecule has 7 nitrogen and oxygen atoms in total. The number of rotatable bonds is 8. The van der Waals surface area contributed by atoms with Crippen molar-refractivity contribution in [2.24, 2.45) is 5.92 Å². The lowest BCUT2D eigenvalue weighted by molar-refractivity contribution is 0.0948. The number of nitrogens with one attached hydrogen (secondary N) is 3. The standard InChI is InChI=1S/C23H32ClN3O4S/c1-31-21-12-9-17(24)15-20(21)22(28)25-14-13-16-7-10-19(11-8-16)32(30)27-23(29)26-18-5-3-2-4-6-18/h7,9-10,12,15-16,18-19H,2-6,8,11,13-14H2,1H3,(H,25,28)(H2,26,27,29). The highest BCUT2D eigenvalue weighted by Gasteiger charge is 2.28. The molecule has 176 valence electrons. The summed E-state index contributed by atoms with van der Waals surface area (Å²) in [5.74, 6) is 0.548. The normalized spacial score (nSPS) is 22.1. The van der Waals surface area contributed by atoms with E-state index in [2.05, 4.69) is 15.4 Å². The van der Waals surface area contributed by atoms with Gasteiger partial charge in [-0.1, -0.05) is 36.9 Å². The van der Waals surface area contributed by atoms with Gasteiger partial charge in [-0.15, -0.1) is 0 Å². The zero-order valence-electron chi connectivity index (χ0n) is 18.4. The molecule has 0 aliphatic heterocycles. The van der Waals surface area contributed by atoms with E-state index in [0.29, 0.717) is 28.8 Å². The van der Waals surface area contributed by atoms with Gasteiger partial charge in [0.2, 0.25) is 0 Å². The highest BCUT2D eigenvalue weighted by Crippen LogP contribution is 2.25. The lowest BCUT2D eigenvalue weighted by Crippen LogP contribution is -2.47. The van der Waals surface area contributed by atoms with Gasteiger partial charge < -0.3 is 19.9 Å². The molecule has 3 amide bonds. The lowest BCUT2D eigenvalue weighted by atomic mass is 9.93. The van der Waals surface area contributed by atoms with E-state index < -0.39 is 11.4 Å². The number of ether oxygens (including phenoxy) is 1. The molecule has 1 aromatic rings. The van der Waals surface area contributed by atoms with Crippen LogP contribution in [-0.4, -0.2) is 41.4 Å². The van der Waals surface area contributed by atoms with E-state index in [1.165, 1.54) is 13.5 Å². The minimum atomic E-state index is -1.44. The number of carbonyl (C=O) groups excluding carboxylic acids is 2. The van der Waals surface area contributed by atoms with Gasteiger partial charge in [-0.25, -0.2) is 4.79 Å². The molecule has 3 unspecified atom stereocenters. The van der Waals surface area contributed by atoms with E-state index in [1.807, 2.05) is 12.2 Å². The third-order valence-electron chi connectivity index (χ3n) is 6.04. The van der Waals surface area contributed by atoms with Crippen LogP contribution < -0.4 is 20.1 Å². The Morgan fingerprint density at radius 1 is 1.16 bits per heavy atom. The van der Waals surface area contributed by atoms with Gasteiger partial charge in [0.05, 0.1) is 24.0 Å². The first-order valence-electron chi connectivity index (χ1n) is 11.2. The van der Waals surface area contributed by atoms with Crippen molar-refractivity contribution in [2.45, 2.75) is 62.7 Å². The highest BCUT2D eigenvalue weighted by molar-refractivity contribution is 7.90. The summed E-state index contributed by atoms with van der Waals surface area (Å²) >= 11 is 4.55. The number of methoxy groups -OCH3 is 1. The van der Waals surface area contributed by atoms with E-state index in [-0.39, 0.29) is 23.2 Å². The average Bonchev–Trinajstić information content (AvgIpc) is 2.80. The molecule has 3 rings (SSSR count). The Balaban J connectivity index is 1.39. The summed E-state index contributed by atoms with van der Waals surface area (Å²) in [6, 6.07) is 4.79. The van der Waals surface area contributed by atoms with Gasteiger partial charge in [0.25, 0.3) is 5.91 Å². The van der Waals surface area contributed by atoms with E-state index in [4.69, 9.17) is 16.3 Å². The quantitative estimate of drug-likeness (QED) is 0.384. The third-order valence-corrected chi connectivity index (χ3v) is 7.60. The predicted molar refractivity (Wildman–Crippen MR) is 127 cm³/mol. The maximum absolute atomic E-state index is 12.5. The smallest absolute Gasteiger partial charge is 0.356 e. The second kappa shape index (κ2) is 12.4. The highest BCUT2D eigenvalue weighted by atomic mass is 35.5. The van der Waals surface area contributed by atoms with Crippen LogP contribution in [0.4, 0.5) is 4.79 Å². The summed E-state index contributed by atoms with van der Waals surface area (Å²) in [5.41, 5.74) is 0.409. The van der Waals surface area contributed by atoms with Gasteiger partial charge in [-0.2, -0.15) is 4.72 Å². The largest absolute Gasteiger partial charge is 0.592 e. The van der Waals surface area contributed by atoms with Crippen LogP contribution in [0.5, 0.6) is 5.75 Å². The van der Waals surface area contributed by atoms with Crippen molar-refractivity contribution in [3.63, 3.8) is 0 Å². The molecule has 0 heterocycles. The van der Waals surface area contributed by atoms with Crippen molar-refractivity contribution in [1.29, 1.82) is 0 Å². The van der Waals surface area contributed by atoms with Crippen LogP contribution in [0.25, 0.3) is 0 Å². The van der Waals surface area contributed by atoms with E-state index in [9.17, 15) is 14.1 Å². The van der Waals surface area contributed by atoms with Crippen LogP contribution in [0.3, 0.4) is 0 Å². The maximum Gasteiger partial charge on any atom is 0.356 e. The Morgan fingerprint density at radius 3 is 2.62 bits per heavy atom. The second-order valence-electron chi connectivity index (χ2n) is 8.36. The number of benzene rings is 1. The Labute approximate surface area is 198 Å².